The highest BCUT2D eigenvalue weighted by Crippen LogP contribution is 2.34. The minimum Gasteiger partial charge on any atom is -0.298 e. The monoisotopic (exact) mass is 461 g/mol. The van der Waals surface area contributed by atoms with Crippen molar-refractivity contribution in [3.8, 4) is 11.3 Å². The third kappa shape index (κ3) is 4.73. The molecule has 2 heterocycles. The van der Waals surface area contributed by atoms with Crippen LogP contribution in [0.5, 0.6) is 0 Å². The molecule has 1 fully saturated rings. The van der Waals surface area contributed by atoms with Gasteiger partial charge in [0, 0.05) is 29.3 Å². The van der Waals surface area contributed by atoms with Gasteiger partial charge in [-0.15, -0.1) is 11.3 Å². The quantitative estimate of drug-likeness (QED) is 0.459. The Bertz CT molecular complexity index is 1210. The molecule has 0 bridgehead atoms. The third-order valence-corrected chi connectivity index (χ3v) is 6.54. The van der Waals surface area contributed by atoms with Crippen molar-refractivity contribution in [2.24, 2.45) is 0 Å². The first-order valence-electron chi connectivity index (χ1n) is 11.1. The molecule has 3 amide bonds. The molecule has 0 saturated carbocycles. The third-order valence-electron chi connectivity index (χ3n) is 5.78. The van der Waals surface area contributed by atoms with Gasteiger partial charge in [0.2, 0.25) is 11.8 Å². The lowest BCUT2D eigenvalue weighted by molar-refractivity contribution is -0.121. The second-order valence-corrected chi connectivity index (χ2v) is 9.68. The maximum Gasteiger partial charge on any atom is 0.257 e. The van der Waals surface area contributed by atoms with E-state index in [9.17, 15) is 14.4 Å². The first kappa shape index (κ1) is 22.9. The summed E-state index contributed by atoms with van der Waals surface area (Å²) in [6.45, 7) is 8.70. The van der Waals surface area contributed by atoms with Gasteiger partial charge < -0.3 is 0 Å². The number of carbonyl (C=O) groups excluding carboxylic acids is 3. The van der Waals surface area contributed by atoms with Crippen molar-refractivity contribution in [3.05, 3.63) is 64.5 Å². The minimum absolute atomic E-state index is 0.202. The zero-order valence-corrected chi connectivity index (χ0v) is 20.0. The topological polar surface area (TPSA) is 79.4 Å². The van der Waals surface area contributed by atoms with Gasteiger partial charge in [0.05, 0.1) is 11.4 Å². The summed E-state index contributed by atoms with van der Waals surface area (Å²) in [4.78, 5) is 42.7. The van der Waals surface area contributed by atoms with Gasteiger partial charge in [-0.1, -0.05) is 52.0 Å². The van der Waals surface area contributed by atoms with E-state index in [2.05, 4.69) is 56.2 Å². The predicted octanol–water partition coefficient (Wildman–Crippen LogP) is 5.96. The fourth-order valence-electron chi connectivity index (χ4n) is 3.93. The van der Waals surface area contributed by atoms with Crippen LogP contribution in [0.15, 0.2) is 47.8 Å². The molecule has 7 heteroatoms. The summed E-state index contributed by atoms with van der Waals surface area (Å²) in [5.74, 6) is -0.0323. The van der Waals surface area contributed by atoms with Crippen molar-refractivity contribution in [1.82, 2.24) is 4.98 Å². The van der Waals surface area contributed by atoms with E-state index < -0.39 is 0 Å². The summed E-state index contributed by atoms with van der Waals surface area (Å²) in [5.41, 5.74) is 5.20. The molecule has 0 aliphatic carbocycles. The van der Waals surface area contributed by atoms with Crippen LogP contribution >= 0.6 is 11.3 Å². The Kier molecular flexibility index (Phi) is 6.42. The molecule has 1 N–H and O–H groups in total. The summed E-state index contributed by atoms with van der Waals surface area (Å²) < 4.78 is 0. The molecule has 6 nitrogen and oxygen atoms in total. The lowest BCUT2D eigenvalue weighted by atomic mass is 9.90. The maximum absolute atomic E-state index is 12.9. The number of anilines is 2. The van der Waals surface area contributed by atoms with Crippen molar-refractivity contribution in [2.45, 2.75) is 52.4 Å². The van der Waals surface area contributed by atoms with Crippen LogP contribution in [0.4, 0.5) is 10.8 Å². The molecular weight excluding hydrogens is 434 g/mol. The summed E-state index contributed by atoms with van der Waals surface area (Å²) in [6, 6.07) is 13.0. The second-order valence-electron chi connectivity index (χ2n) is 8.82. The highest BCUT2D eigenvalue weighted by atomic mass is 32.1. The molecule has 1 aliphatic heterocycles. The molecule has 3 aromatic rings. The molecule has 1 saturated heterocycles. The van der Waals surface area contributed by atoms with Gasteiger partial charge in [0.25, 0.3) is 5.91 Å². The van der Waals surface area contributed by atoms with Crippen molar-refractivity contribution < 1.29 is 14.4 Å². The zero-order valence-electron chi connectivity index (χ0n) is 19.2. The number of carbonyl (C=O) groups is 3. The van der Waals surface area contributed by atoms with Gasteiger partial charge in [0.15, 0.2) is 5.13 Å². The second kappa shape index (κ2) is 9.27. The van der Waals surface area contributed by atoms with Crippen LogP contribution in [0.25, 0.3) is 11.3 Å². The van der Waals surface area contributed by atoms with E-state index in [1.807, 2.05) is 5.38 Å². The number of hydrogen-bond acceptors (Lipinski definition) is 5. The Labute approximate surface area is 197 Å². The molecule has 1 aliphatic rings. The van der Waals surface area contributed by atoms with E-state index >= 15 is 0 Å². The summed E-state index contributed by atoms with van der Waals surface area (Å²) in [5, 5.41) is 5.29. The Morgan fingerprint density at radius 2 is 1.73 bits per heavy atom. The average molecular weight is 462 g/mol. The number of nitrogens with zero attached hydrogens (tertiary/aromatic N) is 2. The van der Waals surface area contributed by atoms with Gasteiger partial charge in [-0.25, -0.2) is 4.98 Å². The Balaban J connectivity index is 1.55. The van der Waals surface area contributed by atoms with Crippen LogP contribution in [0.2, 0.25) is 0 Å². The molecule has 33 heavy (non-hydrogen) atoms. The Morgan fingerprint density at radius 1 is 1.00 bits per heavy atom. The van der Waals surface area contributed by atoms with Crippen molar-refractivity contribution in [1.29, 1.82) is 0 Å². The number of nitrogens with one attached hydrogen (secondary N) is 1. The lowest BCUT2D eigenvalue weighted by Crippen LogP contribution is -2.28. The molecule has 0 unspecified atom stereocenters. The number of rotatable bonds is 6. The van der Waals surface area contributed by atoms with Gasteiger partial charge in [0.1, 0.15) is 0 Å². The van der Waals surface area contributed by atoms with Gasteiger partial charge >= 0.3 is 0 Å². The van der Waals surface area contributed by atoms with Crippen LogP contribution in [0.1, 0.15) is 73.9 Å². The van der Waals surface area contributed by atoms with Crippen molar-refractivity contribution in [3.63, 3.8) is 0 Å². The van der Waals surface area contributed by atoms with E-state index in [1.165, 1.54) is 22.5 Å². The fourth-order valence-corrected chi connectivity index (χ4v) is 4.63. The molecule has 0 spiro atoms. The standard InChI is InChI=1S/C26H27N3O3S/c1-15(2)17-8-9-20(21(13-17)16(3)4)22-14-33-26(27-22)28-25(32)18-6-5-7-19(12-18)29-23(30)10-11-24(29)31/h5-9,12-16H,10-11H2,1-4H3,(H,27,28,32). The molecule has 4 rings (SSSR count). The molecule has 1 aromatic heterocycles. The fraction of sp³-hybridized carbons (Fsp3) is 0.308. The van der Waals surface area contributed by atoms with E-state index in [0.29, 0.717) is 28.2 Å². The SMILES string of the molecule is CC(C)c1ccc(-c2csc(NC(=O)c3cccc(N4C(=O)CCC4=O)c3)n2)c(C(C)C)c1. The first-order chi connectivity index (χ1) is 15.7. The predicted molar refractivity (Wildman–Crippen MR) is 132 cm³/mol. The number of hydrogen-bond donors (Lipinski definition) is 1. The first-order valence-corrected chi connectivity index (χ1v) is 12.0. The van der Waals surface area contributed by atoms with Crippen LogP contribution in [0, 0.1) is 0 Å². The highest BCUT2D eigenvalue weighted by molar-refractivity contribution is 7.14. The van der Waals surface area contributed by atoms with E-state index in [4.69, 9.17) is 0 Å². The largest absolute Gasteiger partial charge is 0.298 e. The highest BCUT2D eigenvalue weighted by Gasteiger charge is 2.30. The van der Waals surface area contributed by atoms with Gasteiger partial charge in [-0.2, -0.15) is 0 Å². The van der Waals surface area contributed by atoms with Crippen molar-refractivity contribution >= 4 is 39.9 Å². The zero-order chi connectivity index (χ0) is 23.7. The lowest BCUT2D eigenvalue weighted by Gasteiger charge is -2.15. The number of amides is 3. The van der Waals surface area contributed by atoms with Crippen molar-refractivity contribution in [2.75, 3.05) is 10.2 Å². The van der Waals surface area contributed by atoms with Crippen LogP contribution in [-0.2, 0) is 9.59 Å². The minimum atomic E-state index is -0.337. The number of imide groups is 1. The average Bonchev–Trinajstić information content (AvgIpc) is 3.39. The van der Waals surface area contributed by atoms with Crippen LogP contribution in [0.3, 0.4) is 0 Å². The summed E-state index contributed by atoms with van der Waals surface area (Å²) >= 11 is 1.37. The number of benzene rings is 2. The van der Waals surface area contributed by atoms with Gasteiger partial charge in [-0.3, -0.25) is 24.6 Å². The smallest absolute Gasteiger partial charge is 0.257 e. The summed E-state index contributed by atoms with van der Waals surface area (Å²) in [6.07, 6.45) is 0.404. The Morgan fingerprint density at radius 3 is 2.39 bits per heavy atom. The van der Waals surface area contributed by atoms with Gasteiger partial charge in [-0.05, 0) is 41.2 Å². The molecule has 2 aromatic carbocycles. The number of thiazole rings is 1. The molecule has 170 valence electrons. The molecular formula is C26H27N3O3S. The summed E-state index contributed by atoms with van der Waals surface area (Å²) in [7, 11) is 0. The van der Waals surface area contributed by atoms with Crippen LogP contribution < -0.4 is 10.2 Å². The van der Waals surface area contributed by atoms with E-state index in [0.717, 1.165) is 16.2 Å². The maximum atomic E-state index is 12.9. The molecule has 0 radical (unpaired) electrons. The normalized spacial score (nSPS) is 13.9. The molecule has 0 atom stereocenters. The number of aromatic nitrogens is 1. The van der Waals surface area contributed by atoms with E-state index in [-0.39, 0.29) is 30.6 Å². The Hall–Kier alpha value is -3.32. The van der Waals surface area contributed by atoms with E-state index in [1.54, 1.807) is 24.3 Å². The van der Waals surface area contributed by atoms with Crippen LogP contribution in [-0.4, -0.2) is 22.7 Å².